The van der Waals surface area contributed by atoms with E-state index in [9.17, 15) is 9.59 Å². The van der Waals surface area contributed by atoms with Gasteiger partial charge in [0.1, 0.15) is 0 Å². The van der Waals surface area contributed by atoms with E-state index in [0.717, 1.165) is 12.8 Å². The lowest BCUT2D eigenvalue weighted by Crippen LogP contribution is -2.58. The van der Waals surface area contributed by atoms with Crippen LogP contribution in [0.15, 0.2) is 0 Å². The van der Waals surface area contributed by atoms with E-state index >= 15 is 0 Å². The second-order valence-electron chi connectivity index (χ2n) is 5.49. The van der Waals surface area contributed by atoms with Crippen molar-refractivity contribution in [2.75, 3.05) is 26.4 Å². The Kier molecular flexibility index (Phi) is 4.13. The molecule has 5 heteroatoms. The van der Waals surface area contributed by atoms with E-state index in [-0.39, 0.29) is 18.6 Å². The van der Waals surface area contributed by atoms with Gasteiger partial charge in [-0.25, -0.2) is 0 Å². The molecule has 1 aliphatic carbocycles. The highest BCUT2D eigenvalue weighted by molar-refractivity contribution is 6.01. The molecule has 1 saturated carbocycles. The quantitative estimate of drug-likeness (QED) is 0.574. The molecular weight excluding hydrogens is 248 g/mol. The Balaban J connectivity index is 2.10. The molecule has 108 valence electrons. The Morgan fingerprint density at radius 2 is 1.47 bits per heavy atom. The van der Waals surface area contributed by atoms with Gasteiger partial charge in [-0.05, 0) is 44.9 Å². The van der Waals surface area contributed by atoms with Crippen LogP contribution < -0.4 is 0 Å². The fourth-order valence-electron chi connectivity index (χ4n) is 3.30. The zero-order valence-corrected chi connectivity index (χ0v) is 11.7. The van der Waals surface area contributed by atoms with E-state index < -0.39 is 17.4 Å². The van der Waals surface area contributed by atoms with E-state index in [2.05, 4.69) is 0 Å². The van der Waals surface area contributed by atoms with E-state index in [4.69, 9.17) is 14.2 Å². The topological polar surface area (TPSA) is 61.8 Å². The predicted octanol–water partition coefficient (Wildman–Crippen LogP) is 1.69. The summed E-state index contributed by atoms with van der Waals surface area (Å²) in [5, 5.41) is 0. The maximum absolute atomic E-state index is 12.1. The van der Waals surface area contributed by atoms with Crippen LogP contribution in [-0.4, -0.2) is 38.4 Å². The highest BCUT2D eigenvalue weighted by Gasteiger charge is 2.64. The van der Waals surface area contributed by atoms with Crippen molar-refractivity contribution in [2.24, 2.45) is 10.8 Å². The second kappa shape index (κ2) is 5.49. The van der Waals surface area contributed by atoms with Crippen LogP contribution in [0.4, 0.5) is 0 Å². The summed E-state index contributed by atoms with van der Waals surface area (Å²) >= 11 is 0. The standard InChI is InChI=1S/C14H22O5/c1-3-18-11(15)14(12(16)19-4-2)9-13(10-14)5-7-17-8-6-13/h3-10H2,1-2H3. The largest absolute Gasteiger partial charge is 0.465 e. The average Bonchev–Trinajstić information content (AvgIpc) is 2.37. The fraction of sp³-hybridized carbons (Fsp3) is 0.857. The summed E-state index contributed by atoms with van der Waals surface area (Å²) in [6.07, 6.45) is 2.91. The molecule has 0 N–H and O–H groups in total. The molecule has 1 aliphatic heterocycles. The summed E-state index contributed by atoms with van der Waals surface area (Å²) in [5.41, 5.74) is -0.999. The van der Waals surface area contributed by atoms with Gasteiger partial charge in [0, 0.05) is 13.2 Å². The first-order chi connectivity index (χ1) is 9.08. The summed E-state index contributed by atoms with van der Waals surface area (Å²) < 4.78 is 15.5. The van der Waals surface area contributed by atoms with Crippen molar-refractivity contribution in [1.82, 2.24) is 0 Å². The van der Waals surface area contributed by atoms with Crippen LogP contribution in [0.1, 0.15) is 39.5 Å². The number of ether oxygens (including phenoxy) is 3. The molecule has 0 aromatic rings. The van der Waals surface area contributed by atoms with Gasteiger partial charge in [-0.2, -0.15) is 0 Å². The van der Waals surface area contributed by atoms with Gasteiger partial charge < -0.3 is 14.2 Å². The van der Waals surface area contributed by atoms with Crippen LogP contribution in [0.25, 0.3) is 0 Å². The van der Waals surface area contributed by atoms with E-state index in [0.29, 0.717) is 26.1 Å². The van der Waals surface area contributed by atoms with E-state index in [1.54, 1.807) is 13.8 Å². The number of esters is 2. The van der Waals surface area contributed by atoms with E-state index in [1.165, 1.54) is 0 Å². The van der Waals surface area contributed by atoms with Crippen LogP contribution in [0.5, 0.6) is 0 Å². The van der Waals surface area contributed by atoms with E-state index in [1.807, 2.05) is 0 Å². The summed E-state index contributed by atoms with van der Waals surface area (Å²) in [4.78, 5) is 24.3. The summed E-state index contributed by atoms with van der Waals surface area (Å²) in [6, 6.07) is 0. The van der Waals surface area contributed by atoms with Crippen molar-refractivity contribution in [2.45, 2.75) is 39.5 Å². The first-order valence-electron chi connectivity index (χ1n) is 7.01. The van der Waals surface area contributed by atoms with Crippen LogP contribution in [0.3, 0.4) is 0 Å². The predicted molar refractivity (Wildman–Crippen MR) is 67.4 cm³/mol. The maximum Gasteiger partial charge on any atom is 0.323 e. The second-order valence-corrected chi connectivity index (χ2v) is 5.49. The van der Waals surface area contributed by atoms with Crippen molar-refractivity contribution in [3.8, 4) is 0 Å². The van der Waals surface area contributed by atoms with Crippen LogP contribution >= 0.6 is 0 Å². The Morgan fingerprint density at radius 1 is 1.00 bits per heavy atom. The monoisotopic (exact) mass is 270 g/mol. The molecular formula is C14H22O5. The van der Waals surface area contributed by atoms with Crippen molar-refractivity contribution in [1.29, 1.82) is 0 Å². The maximum atomic E-state index is 12.1. The first kappa shape index (κ1) is 14.3. The van der Waals surface area contributed by atoms with Crippen LogP contribution in [0.2, 0.25) is 0 Å². The number of rotatable bonds is 4. The molecule has 19 heavy (non-hydrogen) atoms. The highest BCUT2D eigenvalue weighted by atomic mass is 16.6. The zero-order chi connectivity index (χ0) is 13.9. The van der Waals surface area contributed by atoms with Gasteiger partial charge in [0.15, 0.2) is 5.41 Å². The molecule has 0 radical (unpaired) electrons. The normalized spacial score (nSPS) is 23.5. The summed E-state index contributed by atoms with van der Waals surface area (Å²) in [5.74, 6) is -0.851. The SMILES string of the molecule is CCOC(=O)C1(C(=O)OCC)CC2(CCOCC2)C1. The average molecular weight is 270 g/mol. The van der Waals surface area contributed by atoms with Crippen LogP contribution in [0, 0.1) is 10.8 Å². The smallest absolute Gasteiger partial charge is 0.323 e. The Morgan fingerprint density at radius 3 is 1.89 bits per heavy atom. The molecule has 2 aliphatic rings. The molecule has 1 saturated heterocycles. The van der Waals surface area contributed by atoms with Gasteiger partial charge in [-0.1, -0.05) is 0 Å². The third-order valence-electron chi connectivity index (χ3n) is 4.24. The Bertz CT molecular complexity index is 329. The van der Waals surface area contributed by atoms with Gasteiger partial charge in [-0.3, -0.25) is 9.59 Å². The Labute approximate surface area is 113 Å². The minimum Gasteiger partial charge on any atom is -0.465 e. The summed E-state index contributed by atoms with van der Waals surface area (Å²) in [7, 11) is 0. The molecule has 5 nitrogen and oxygen atoms in total. The number of carbonyl (C=O) groups is 2. The van der Waals surface area contributed by atoms with Crippen molar-refractivity contribution in [3.05, 3.63) is 0 Å². The lowest BCUT2D eigenvalue weighted by molar-refractivity contribution is -0.197. The van der Waals surface area contributed by atoms with Gasteiger partial charge in [0.05, 0.1) is 13.2 Å². The molecule has 0 aromatic carbocycles. The van der Waals surface area contributed by atoms with Crippen LogP contribution in [-0.2, 0) is 23.8 Å². The van der Waals surface area contributed by atoms with Gasteiger partial charge in [0.25, 0.3) is 0 Å². The number of carbonyl (C=O) groups excluding carboxylic acids is 2. The number of hydrogen-bond donors (Lipinski definition) is 0. The fourth-order valence-corrected chi connectivity index (χ4v) is 3.30. The molecule has 2 rings (SSSR count). The van der Waals surface area contributed by atoms with Gasteiger partial charge in [0.2, 0.25) is 0 Å². The lowest BCUT2D eigenvalue weighted by atomic mass is 9.50. The zero-order valence-electron chi connectivity index (χ0n) is 11.7. The lowest BCUT2D eigenvalue weighted by Gasteiger charge is -2.54. The summed E-state index contributed by atoms with van der Waals surface area (Å²) in [6.45, 7) is 5.49. The van der Waals surface area contributed by atoms with Crippen molar-refractivity contribution < 1.29 is 23.8 Å². The molecule has 0 aromatic heterocycles. The minimum atomic E-state index is -1.07. The van der Waals surface area contributed by atoms with Crippen molar-refractivity contribution >= 4 is 11.9 Å². The molecule has 0 bridgehead atoms. The minimum absolute atomic E-state index is 0.0672. The molecule has 0 amide bonds. The molecule has 0 unspecified atom stereocenters. The third-order valence-corrected chi connectivity index (χ3v) is 4.24. The first-order valence-corrected chi connectivity index (χ1v) is 7.01. The highest BCUT2D eigenvalue weighted by Crippen LogP contribution is 2.60. The van der Waals surface area contributed by atoms with Gasteiger partial charge >= 0.3 is 11.9 Å². The molecule has 1 heterocycles. The Hall–Kier alpha value is -1.10. The number of hydrogen-bond acceptors (Lipinski definition) is 5. The molecule has 0 atom stereocenters. The van der Waals surface area contributed by atoms with Crippen molar-refractivity contribution in [3.63, 3.8) is 0 Å². The third kappa shape index (κ3) is 2.48. The molecule has 1 spiro atoms. The molecule has 2 fully saturated rings. The van der Waals surface area contributed by atoms with Gasteiger partial charge in [-0.15, -0.1) is 0 Å².